The molecule has 1 fully saturated rings. The van der Waals surface area contributed by atoms with E-state index < -0.39 is 0 Å². The maximum atomic E-state index is 8.90. The van der Waals surface area contributed by atoms with Crippen LogP contribution in [-0.4, -0.2) is 19.3 Å². The number of halogens is 1. The molecule has 0 radical (unpaired) electrons. The predicted molar refractivity (Wildman–Crippen MR) is 56.0 cm³/mol. The van der Waals surface area contributed by atoms with Crippen molar-refractivity contribution in [3.63, 3.8) is 0 Å². The molecule has 1 aromatic carbocycles. The van der Waals surface area contributed by atoms with E-state index in [1.807, 2.05) is 0 Å². The Balaban J connectivity index is 2.16. The summed E-state index contributed by atoms with van der Waals surface area (Å²) in [6, 6.07) is 7.10. The lowest BCUT2D eigenvalue weighted by Gasteiger charge is -2.12. The smallest absolute Gasteiger partial charge is 0.137 e. The number of hydrogen-bond acceptors (Lipinski definition) is 3. The quantitative estimate of drug-likeness (QED) is 0.773. The molecule has 0 amide bonds. The molecule has 1 saturated heterocycles. The molecule has 0 unspecified atom stereocenters. The summed E-state index contributed by atoms with van der Waals surface area (Å²) in [5.41, 5.74) is 0.467. The van der Waals surface area contributed by atoms with Crippen molar-refractivity contribution in [2.24, 2.45) is 0 Å². The van der Waals surface area contributed by atoms with Crippen LogP contribution >= 0.6 is 11.6 Å². The molecule has 0 bridgehead atoms. The van der Waals surface area contributed by atoms with E-state index in [0.717, 1.165) is 13.0 Å². The third-order valence-corrected chi connectivity index (χ3v) is 2.48. The lowest BCUT2D eigenvalue weighted by molar-refractivity contribution is 0.141. The van der Waals surface area contributed by atoms with Crippen molar-refractivity contribution >= 4 is 11.6 Å². The van der Waals surface area contributed by atoms with Gasteiger partial charge in [0.25, 0.3) is 0 Å². The van der Waals surface area contributed by atoms with Gasteiger partial charge < -0.3 is 9.47 Å². The standard InChI is InChI=1S/C11H10ClNO2/c12-9-1-2-11(8(5-9)6-13)15-10-3-4-14-7-10/h1-2,5,10H,3-4,7H2/t10-/m1/s1. The molecule has 78 valence electrons. The highest BCUT2D eigenvalue weighted by molar-refractivity contribution is 6.30. The van der Waals surface area contributed by atoms with Crippen LogP contribution in [0.25, 0.3) is 0 Å². The van der Waals surface area contributed by atoms with Gasteiger partial charge in [-0.15, -0.1) is 0 Å². The Morgan fingerprint density at radius 3 is 3.07 bits per heavy atom. The lowest BCUT2D eigenvalue weighted by Crippen LogP contribution is -2.16. The first-order valence-corrected chi connectivity index (χ1v) is 5.11. The molecule has 0 N–H and O–H groups in total. The van der Waals surface area contributed by atoms with Gasteiger partial charge in [-0.25, -0.2) is 0 Å². The molecule has 15 heavy (non-hydrogen) atoms. The third-order valence-electron chi connectivity index (χ3n) is 2.24. The zero-order valence-electron chi connectivity index (χ0n) is 8.07. The van der Waals surface area contributed by atoms with E-state index in [4.69, 9.17) is 26.3 Å². The van der Waals surface area contributed by atoms with Gasteiger partial charge >= 0.3 is 0 Å². The summed E-state index contributed by atoms with van der Waals surface area (Å²) in [4.78, 5) is 0. The van der Waals surface area contributed by atoms with Gasteiger partial charge in [-0.1, -0.05) is 11.6 Å². The van der Waals surface area contributed by atoms with Gasteiger partial charge in [0, 0.05) is 11.4 Å². The van der Waals surface area contributed by atoms with Crippen LogP contribution in [0.5, 0.6) is 5.75 Å². The summed E-state index contributed by atoms with van der Waals surface area (Å²) >= 11 is 5.78. The van der Waals surface area contributed by atoms with E-state index in [-0.39, 0.29) is 6.10 Å². The lowest BCUT2D eigenvalue weighted by atomic mass is 10.2. The van der Waals surface area contributed by atoms with E-state index in [0.29, 0.717) is 22.9 Å². The fraction of sp³-hybridized carbons (Fsp3) is 0.364. The molecule has 1 aromatic rings. The average Bonchev–Trinajstić information content (AvgIpc) is 2.73. The molecule has 1 heterocycles. The minimum absolute atomic E-state index is 0.0540. The minimum Gasteiger partial charge on any atom is -0.487 e. The highest BCUT2D eigenvalue weighted by atomic mass is 35.5. The van der Waals surface area contributed by atoms with Gasteiger partial charge in [0.2, 0.25) is 0 Å². The summed E-state index contributed by atoms with van der Waals surface area (Å²) < 4.78 is 10.8. The Morgan fingerprint density at radius 2 is 2.40 bits per heavy atom. The third kappa shape index (κ3) is 2.41. The molecule has 1 aliphatic rings. The van der Waals surface area contributed by atoms with Gasteiger partial charge in [0.05, 0.1) is 18.8 Å². The van der Waals surface area contributed by atoms with Crippen LogP contribution in [-0.2, 0) is 4.74 Å². The highest BCUT2D eigenvalue weighted by Crippen LogP contribution is 2.24. The molecule has 2 rings (SSSR count). The van der Waals surface area contributed by atoms with Crippen molar-refractivity contribution in [2.45, 2.75) is 12.5 Å². The largest absolute Gasteiger partial charge is 0.487 e. The molecule has 1 aliphatic heterocycles. The molecular formula is C11H10ClNO2. The van der Waals surface area contributed by atoms with Crippen molar-refractivity contribution in [1.82, 2.24) is 0 Å². The SMILES string of the molecule is N#Cc1cc(Cl)ccc1O[C@@H]1CCOC1. The van der Waals surface area contributed by atoms with E-state index in [1.54, 1.807) is 18.2 Å². The van der Waals surface area contributed by atoms with Gasteiger partial charge in [-0.2, -0.15) is 5.26 Å². The fourth-order valence-electron chi connectivity index (χ4n) is 1.48. The van der Waals surface area contributed by atoms with Gasteiger partial charge in [-0.05, 0) is 18.2 Å². The Hall–Kier alpha value is -1.24. The normalized spacial score (nSPS) is 19.9. The maximum absolute atomic E-state index is 8.90. The van der Waals surface area contributed by atoms with Gasteiger partial charge in [0.1, 0.15) is 17.9 Å². The highest BCUT2D eigenvalue weighted by Gasteiger charge is 2.18. The number of hydrogen-bond donors (Lipinski definition) is 0. The first-order valence-electron chi connectivity index (χ1n) is 4.73. The van der Waals surface area contributed by atoms with Crippen LogP contribution in [0.1, 0.15) is 12.0 Å². The first kappa shape index (κ1) is 10.3. The second-order valence-electron chi connectivity index (χ2n) is 3.36. The average molecular weight is 224 g/mol. The number of nitriles is 1. The minimum atomic E-state index is 0.0540. The van der Waals surface area contributed by atoms with Crippen LogP contribution in [0.15, 0.2) is 18.2 Å². The Bertz CT molecular complexity index is 394. The Kier molecular flexibility index (Phi) is 3.10. The summed E-state index contributed by atoms with van der Waals surface area (Å²) in [6.07, 6.45) is 0.923. The fourth-order valence-corrected chi connectivity index (χ4v) is 1.65. The van der Waals surface area contributed by atoms with Crippen molar-refractivity contribution in [1.29, 1.82) is 5.26 Å². The summed E-state index contributed by atoms with van der Waals surface area (Å²) in [6.45, 7) is 1.31. The van der Waals surface area contributed by atoms with Crippen molar-refractivity contribution < 1.29 is 9.47 Å². The zero-order chi connectivity index (χ0) is 10.7. The van der Waals surface area contributed by atoms with E-state index >= 15 is 0 Å². The van der Waals surface area contributed by atoms with E-state index in [2.05, 4.69) is 6.07 Å². The molecule has 0 spiro atoms. The molecule has 0 aromatic heterocycles. The van der Waals surface area contributed by atoms with Gasteiger partial charge in [-0.3, -0.25) is 0 Å². The summed E-state index contributed by atoms with van der Waals surface area (Å²) in [5.74, 6) is 0.581. The van der Waals surface area contributed by atoms with E-state index in [9.17, 15) is 0 Å². The number of benzene rings is 1. The van der Waals surface area contributed by atoms with Crippen molar-refractivity contribution in [3.8, 4) is 11.8 Å². The predicted octanol–water partition coefficient (Wildman–Crippen LogP) is 2.38. The van der Waals surface area contributed by atoms with Crippen LogP contribution < -0.4 is 4.74 Å². The molecule has 0 aliphatic carbocycles. The summed E-state index contributed by atoms with van der Waals surface area (Å²) in [5, 5.41) is 9.44. The topological polar surface area (TPSA) is 42.2 Å². The number of nitrogens with zero attached hydrogens (tertiary/aromatic N) is 1. The molecule has 3 nitrogen and oxygen atoms in total. The summed E-state index contributed by atoms with van der Waals surface area (Å²) in [7, 11) is 0. The number of rotatable bonds is 2. The Morgan fingerprint density at radius 1 is 1.53 bits per heavy atom. The van der Waals surface area contributed by atoms with E-state index in [1.165, 1.54) is 0 Å². The number of ether oxygens (including phenoxy) is 2. The second-order valence-corrected chi connectivity index (χ2v) is 3.79. The Labute approximate surface area is 93.2 Å². The first-order chi connectivity index (χ1) is 7.29. The maximum Gasteiger partial charge on any atom is 0.137 e. The van der Waals surface area contributed by atoms with Crippen molar-refractivity contribution in [2.75, 3.05) is 13.2 Å². The monoisotopic (exact) mass is 223 g/mol. The van der Waals surface area contributed by atoms with Crippen LogP contribution in [0, 0.1) is 11.3 Å². The molecule has 0 saturated carbocycles. The van der Waals surface area contributed by atoms with Crippen LogP contribution in [0.4, 0.5) is 0 Å². The zero-order valence-corrected chi connectivity index (χ0v) is 8.83. The second kappa shape index (κ2) is 4.52. The van der Waals surface area contributed by atoms with Crippen molar-refractivity contribution in [3.05, 3.63) is 28.8 Å². The molecule has 4 heteroatoms. The van der Waals surface area contributed by atoms with Crippen LogP contribution in [0.3, 0.4) is 0 Å². The van der Waals surface area contributed by atoms with Gasteiger partial charge in [0.15, 0.2) is 0 Å². The molecule has 1 atom stereocenters. The van der Waals surface area contributed by atoms with Crippen LogP contribution in [0.2, 0.25) is 5.02 Å². The molecular weight excluding hydrogens is 214 g/mol.